The molecule has 48 valence electrons. The van der Waals surface area contributed by atoms with Gasteiger partial charge in [0.25, 0.3) is 0 Å². The van der Waals surface area contributed by atoms with Gasteiger partial charge >= 0.3 is 73.8 Å². The van der Waals surface area contributed by atoms with Gasteiger partial charge in [0, 0.05) is 0 Å². The van der Waals surface area contributed by atoms with E-state index in [4.69, 9.17) is 0 Å². The summed E-state index contributed by atoms with van der Waals surface area (Å²) >= 11 is 0. The summed E-state index contributed by atoms with van der Waals surface area (Å²) in [5.41, 5.74) is 0. The van der Waals surface area contributed by atoms with E-state index in [-0.39, 0.29) is 107 Å². The molecule has 0 heterocycles. The van der Waals surface area contributed by atoms with Crippen LogP contribution in [0, 0.1) is 0 Å². The Morgan fingerprint density at radius 2 is 0.444 bits per heavy atom. The van der Waals surface area contributed by atoms with Gasteiger partial charge in [-0.1, -0.05) is 0 Å². The minimum Gasteiger partial charge on any atom is -2.00 e. The third-order valence-electron chi connectivity index (χ3n) is 0. The van der Waals surface area contributed by atoms with Crippen LogP contribution in [0.15, 0.2) is 0 Å². The normalized spacial score (nSPS) is 0. The molecule has 6 nitrogen and oxygen atoms in total. The van der Waals surface area contributed by atoms with Gasteiger partial charge in [0.05, 0.1) is 0 Å². The Bertz CT molecular complexity index is 13.0. The molecule has 0 rings (SSSR count). The molecule has 0 bridgehead atoms. The monoisotopic (exact) mass is 414 g/mol. The average molecular weight is 414 g/mol. The first-order valence-electron chi connectivity index (χ1n) is 0. The molecule has 0 amide bonds. The summed E-state index contributed by atoms with van der Waals surface area (Å²) in [4.78, 5) is 0. The van der Waals surface area contributed by atoms with Crippen molar-refractivity contribution in [2.75, 3.05) is 0 Å². The summed E-state index contributed by atoms with van der Waals surface area (Å²) in [7, 11) is 0. The molecule has 0 N–H and O–H groups in total. The smallest absolute Gasteiger partial charge is 2.00 e. The van der Waals surface area contributed by atoms with Crippen LogP contribution in [0.2, 0.25) is 0 Å². The summed E-state index contributed by atoms with van der Waals surface area (Å²) in [5.74, 6) is 0. The molecule has 0 aliphatic carbocycles. The molecule has 0 spiro atoms. The molecule has 0 aromatic carbocycles. The maximum atomic E-state index is 0. The molecule has 0 atom stereocenters. The molecular formula is HfO6TiZr. The van der Waals surface area contributed by atoms with E-state index in [2.05, 4.69) is 0 Å². The van der Waals surface area contributed by atoms with Gasteiger partial charge in [0.2, 0.25) is 0 Å². The number of rotatable bonds is 0. The van der Waals surface area contributed by atoms with E-state index < -0.39 is 0 Å². The van der Waals surface area contributed by atoms with Gasteiger partial charge in [-0.3, -0.25) is 0 Å². The molecular weight excluding hydrogens is 414 g/mol. The Labute approximate surface area is 105 Å². The molecule has 0 saturated carbocycles. The van der Waals surface area contributed by atoms with E-state index >= 15 is 0 Å². The SMILES string of the molecule is [Hf+4].[O-2].[O-2].[O-2].[O-2].[O-2].[O-2].[Ti+4].[Zr+4]. The summed E-state index contributed by atoms with van der Waals surface area (Å²) in [6.45, 7) is 0. The molecule has 0 aliphatic heterocycles. The third kappa shape index (κ3) is 140. The molecule has 0 fully saturated rings. The summed E-state index contributed by atoms with van der Waals surface area (Å²) in [5, 5.41) is 0. The van der Waals surface area contributed by atoms with Crippen LogP contribution < -0.4 is 0 Å². The fourth-order valence-corrected chi connectivity index (χ4v) is 0. The Morgan fingerprint density at radius 3 is 0.444 bits per heavy atom. The molecule has 9 heavy (non-hydrogen) atoms. The minimum absolute atomic E-state index is 0. The van der Waals surface area contributed by atoms with Crippen molar-refractivity contribution in [2.45, 2.75) is 0 Å². The van der Waals surface area contributed by atoms with Crippen LogP contribution in [0.4, 0.5) is 0 Å². The standard InChI is InChI=1S/Hf.6O.Ti.Zr/q+4;6*-2;2*+4. The quantitative estimate of drug-likeness (QED) is 0.457. The van der Waals surface area contributed by atoms with Crippen molar-refractivity contribution in [1.29, 1.82) is 0 Å². The van der Waals surface area contributed by atoms with Crippen LogP contribution in [0.5, 0.6) is 0 Å². The second kappa shape index (κ2) is 176. The van der Waals surface area contributed by atoms with E-state index in [0.717, 1.165) is 0 Å². The van der Waals surface area contributed by atoms with Gasteiger partial charge in [-0.05, 0) is 0 Å². The first-order chi connectivity index (χ1) is 0. The van der Waals surface area contributed by atoms with E-state index in [9.17, 15) is 0 Å². The minimum atomic E-state index is 0. The molecule has 0 unspecified atom stereocenters. The van der Waals surface area contributed by atoms with Gasteiger partial charge < -0.3 is 32.9 Å². The first-order valence-corrected chi connectivity index (χ1v) is 0. The molecule has 0 aliphatic rings. The van der Waals surface area contributed by atoms with Crippen molar-refractivity contribution in [2.24, 2.45) is 0 Å². The maximum Gasteiger partial charge on any atom is 4.00 e. The molecule has 0 radical (unpaired) electrons. The molecule has 9 heteroatoms. The van der Waals surface area contributed by atoms with Crippen LogP contribution in [0.3, 0.4) is 0 Å². The Kier molecular flexibility index (Phi) is 4620. The van der Waals surface area contributed by atoms with Gasteiger partial charge in [-0.15, -0.1) is 0 Å². The summed E-state index contributed by atoms with van der Waals surface area (Å²) in [6.07, 6.45) is 0. The Balaban J connectivity index is 0. The average Bonchev–Trinajstić information content (AvgIpc) is 0. The van der Waals surface area contributed by atoms with E-state index in [0.29, 0.717) is 0 Å². The van der Waals surface area contributed by atoms with Crippen LogP contribution >= 0.6 is 0 Å². The Morgan fingerprint density at radius 1 is 0.444 bits per heavy atom. The van der Waals surface area contributed by atoms with Crippen molar-refractivity contribution in [3.05, 3.63) is 0 Å². The molecule has 0 saturated heterocycles. The van der Waals surface area contributed by atoms with Crippen LogP contribution in [-0.2, 0) is 107 Å². The van der Waals surface area contributed by atoms with Crippen LogP contribution in [0.25, 0.3) is 0 Å². The zero-order valence-corrected chi connectivity index (χ0v) is 11.6. The fraction of sp³-hybridized carbons (Fsp3) is 0. The molecule has 0 aromatic rings. The van der Waals surface area contributed by atoms with E-state index in [1.165, 1.54) is 0 Å². The summed E-state index contributed by atoms with van der Waals surface area (Å²) < 4.78 is 0. The van der Waals surface area contributed by atoms with Crippen molar-refractivity contribution in [3.63, 3.8) is 0 Å². The zero-order valence-electron chi connectivity index (χ0n) is 3.95. The fourth-order valence-electron chi connectivity index (χ4n) is 0. The van der Waals surface area contributed by atoms with E-state index in [1.807, 2.05) is 0 Å². The van der Waals surface area contributed by atoms with Crippen LogP contribution in [0.1, 0.15) is 0 Å². The first kappa shape index (κ1) is 237. The van der Waals surface area contributed by atoms with Gasteiger partial charge in [0.1, 0.15) is 0 Å². The van der Waals surface area contributed by atoms with Crippen molar-refractivity contribution < 1.29 is 107 Å². The summed E-state index contributed by atoms with van der Waals surface area (Å²) in [6, 6.07) is 0. The van der Waals surface area contributed by atoms with E-state index in [1.54, 1.807) is 0 Å². The zero-order chi connectivity index (χ0) is 0. The Hall–Kier alpha value is 2.23. The van der Waals surface area contributed by atoms with Gasteiger partial charge in [-0.25, -0.2) is 0 Å². The maximum absolute atomic E-state index is 0. The third-order valence-corrected chi connectivity index (χ3v) is 0. The van der Waals surface area contributed by atoms with Crippen molar-refractivity contribution >= 4 is 0 Å². The predicted octanol–water partition coefficient (Wildman–Crippen LogP) is -0.720. The number of hydrogen-bond donors (Lipinski definition) is 0. The van der Waals surface area contributed by atoms with Gasteiger partial charge in [-0.2, -0.15) is 0 Å². The topological polar surface area (TPSA) is 171 Å². The van der Waals surface area contributed by atoms with Crippen molar-refractivity contribution in [1.82, 2.24) is 0 Å². The molecule has 0 aromatic heterocycles. The van der Waals surface area contributed by atoms with Crippen molar-refractivity contribution in [3.8, 4) is 0 Å². The predicted molar refractivity (Wildman–Crippen MR) is 4.12 cm³/mol. The van der Waals surface area contributed by atoms with Gasteiger partial charge in [0.15, 0.2) is 0 Å². The second-order valence-electron chi connectivity index (χ2n) is 0. The second-order valence-corrected chi connectivity index (χ2v) is 0. The largest absolute Gasteiger partial charge is 4.00 e. The van der Waals surface area contributed by atoms with Crippen LogP contribution in [-0.4, -0.2) is 0 Å². The number of hydrogen-bond acceptors (Lipinski definition) is 0.